The summed E-state index contributed by atoms with van der Waals surface area (Å²) in [6, 6.07) is 0. The molecule has 0 N–H and O–H groups in total. The van der Waals surface area contributed by atoms with Gasteiger partial charge in [-0.05, 0) is 0 Å². The Labute approximate surface area is 107 Å². The van der Waals surface area contributed by atoms with Crippen LogP contribution in [0.1, 0.15) is 32.6 Å². The zero-order valence-electron chi connectivity index (χ0n) is 8.12. The number of carbonyl (C=O) groups excluding carboxylic acids is 1. The molecule has 2 nitrogen and oxygen atoms in total. The van der Waals surface area contributed by atoms with E-state index in [0.717, 1.165) is 17.4 Å². The van der Waals surface area contributed by atoms with Crippen LogP contribution in [0.3, 0.4) is 0 Å². The number of carbonyl (C=O) groups is 1. The Morgan fingerprint density at radius 3 is 2.38 bits per heavy atom. The van der Waals surface area contributed by atoms with Crippen molar-refractivity contribution in [1.82, 2.24) is 0 Å². The molecule has 1 saturated carbocycles. The molecule has 0 amide bonds. The van der Waals surface area contributed by atoms with Crippen molar-refractivity contribution in [2.75, 3.05) is 6.61 Å². The van der Waals surface area contributed by atoms with Crippen molar-refractivity contribution in [2.24, 2.45) is 5.92 Å². The minimum absolute atomic E-state index is 0. The number of ether oxygens (including phenoxy) is 1. The molecule has 0 aromatic rings. The summed E-state index contributed by atoms with van der Waals surface area (Å²) in [5.74, 6) is 0.247. The molecule has 0 spiro atoms. The molecule has 0 aromatic heterocycles. The molecule has 0 atom stereocenters. The number of rotatable bonds is 2. The van der Waals surface area contributed by atoms with E-state index in [9.17, 15) is 4.79 Å². The molecule has 0 aromatic carbocycles. The topological polar surface area (TPSA) is 26.3 Å². The van der Waals surface area contributed by atoms with Crippen LogP contribution in [0, 0.1) is 5.92 Å². The standard InChI is InChI=1S/C9H15O2.HI.Zn/c1-2-11-9(10)8-6-4-3-5-7-8;;/h3,8H,2,4-7H2,1H3;1H;. The van der Waals surface area contributed by atoms with Gasteiger partial charge >= 0.3 is 83.4 Å². The molecule has 4 heteroatoms. The Balaban J connectivity index is 0.00000144. The van der Waals surface area contributed by atoms with Gasteiger partial charge in [-0.3, -0.25) is 0 Å². The van der Waals surface area contributed by atoms with E-state index in [2.05, 4.69) is 0 Å². The Bertz CT molecular complexity index is 156. The molecule has 0 bridgehead atoms. The Morgan fingerprint density at radius 1 is 1.38 bits per heavy atom. The van der Waals surface area contributed by atoms with Crippen LogP contribution in [0.5, 0.6) is 0 Å². The molecule has 0 unspecified atom stereocenters. The van der Waals surface area contributed by atoms with E-state index in [0.29, 0.717) is 6.61 Å². The van der Waals surface area contributed by atoms with Crippen molar-refractivity contribution in [3.8, 4) is 0 Å². The summed E-state index contributed by atoms with van der Waals surface area (Å²) in [5.41, 5.74) is 0. The van der Waals surface area contributed by atoms with Gasteiger partial charge in [-0.2, -0.15) is 0 Å². The second-order valence-electron chi connectivity index (χ2n) is 3.47. The molecule has 13 heavy (non-hydrogen) atoms. The SMILES string of the molecule is CCOC(=O)C1CC[CH]([Zn])CC1.I. The predicted octanol–water partition coefficient (Wildman–Crippen LogP) is 2.69. The van der Waals surface area contributed by atoms with Crippen LogP contribution in [0.2, 0.25) is 4.51 Å². The minimum Gasteiger partial charge on any atom is -0.107 e. The summed E-state index contributed by atoms with van der Waals surface area (Å²) < 4.78 is 5.91. The molecule has 1 aliphatic carbocycles. The van der Waals surface area contributed by atoms with Crippen LogP contribution < -0.4 is 0 Å². The molecule has 0 heterocycles. The molecule has 1 rings (SSSR count). The van der Waals surface area contributed by atoms with Crippen molar-refractivity contribution >= 4 is 29.9 Å². The summed E-state index contributed by atoms with van der Waals surface area (Å²) in [6.45, 7) is 2.40. The second-order valence-corrected chi connectivity index (χ2v) is 5.89. The van der Waals surface area contributed by atoms with E-state index >= 15 is 0 Å². The zero-order valence-corrected chi connectivity index (χ0v) is 13.4. The third-order valence-corrected chi connectivity index (χ3v) is 4.18. The van der Waals surface area contributed by atoms with Gasteiger partial charge in [0.2, 0.25) is 0 Å². The molecule has 73 valence electrons. The number of halogens is 1. The third kappa shape index (κ3) is 4.73. The third-order valence-electron chi connectivity index (χ3n) is 2.47. The van der Waals surface area contributed by atoms with Crippen molar-refractivity contribution in [2.45, 2.75) is 37.1 Å². The average molecular weight is 349 g/mol. The van der Waals surface area contributed by atoms with E-state index in [1.165, 1.54) is 31.1 Å². The molecule has 0 saturated heterocycles. The van der Waals surface area contributed by atoms with Gasteiger partial charge in [0.1, 0.15) is 0 Å². The molecule has 0 aliphatic heterocycles. The molecule has 0 radical (unpaired) electrons. The van der Waals surface area contributed by atoms with E-state index in [1.54, 1.807) is 0 Å². The monoisotopic (exact) mass is 347 g/mol. The number of esters is 1. The smallest absolute Gasteiger partial charge is 0.107 e. The zero-order chi connectivity index (χ0) is 8.97. The van der Waals surface area contributed by atoms with Crippen LogP contribution in [-0.2, 0) is 27.8 Å². The van der Waals surface area contributed by atoms with Crippen molar-refractivity contribution in [1.29, 1.82) is 0 Å². The van der Waals surface area contributed by atoms with Crippen LogP contribution in [0.25, 0.3) is 0 Å². The summed E-state index contributed by atoms with van der Waals surface area (Å²) >= 11 is 1.38. The Morgan fingerprint density at radius 2 is 1.92 bits per heavy atom. The second kappa shape index (κ2) is 7.16. The van der Waals surface area contributed by atoms with Gasteiger partial charge in [0.05, 0.1) is 0 Å². The van der Waals surface area contributed by atoms with Crippen molar-refractivity contribution < 1.29 is 27.8 Å². The normalized spacial score (nSPS) is 27.6. The summed E-state index contributed by atoms with van der Waals surface area (Å²) in [4.78, 5) is 11.3. The molecular weight excluding hydrogens is 332 g/mol. The summed E-state index contributed by atoms with van der Waals surface area (Å²) in [6.07, 6.45) is 4.60. The van der Waals surface area contributed by atoms with Gasteiger partial charge in [0.25, 0.3) is 0 Å². The van der Waals surface area contributed by atoms with Gasteiger partial charge in [-0.25, -0.2) is 0 Å². The van der Waals surface area contributed by atoms with Crippen LogP contribution >= 0.6 is 24.0 Å². The van der Waals surface area contributed by atoms with Crippen molar-refractivity contribution in [3.63, 3.8) is 0 Å². The summed E-state index contributed by atoms with van der Waals surface area (Å²) in [7, 11) is 0. The first-order chi connectivity index (χ1) is 5.74. The van der Waals surface area contributed by atoms with Crippen LogP contribution in [0.15, 0.2) is 0 Å². The average Bonchev–Trinajstić information content (AvgIpc) is 2.06. The molecular formula is C9H16IO2Zn. The Kier molecular flexibility index (Phi) is 7.61. The maximum absolute atomic E-state index is 11.3. The van der Waals surface area contributed by atoms with Gasteiger partial charge in [0, 0.05) is 0 Å². The number of hydrogen-bond donors (Lipinski definition) is 0. The number of hydrogen-bond acceptors (Lipinski definition) is 2. The first kappa shape index (κ1) is 13.8. The van der Waals surface area contributed by atoms with Gasteiger partial charge in [-0.15, -0.1) is 24.0 Å². The molecule has 1 aliphatic rings. The molecule has 1 fully saturated rings. The van der Waals surface area contributed by atoms with Gasteiger partial charge in [-0.1, -0.05) is 0 Å². The fourth-order valence-corrected chi connectivity index (χ4v) is 2.65. The fraction of sp³-hybridized carbons (Fsp3) is 0.889. The van der Waals surface area contributed by atoms with Crippen LogP contribution in [-0.4, -0.2) is 12.6 Å². The van der Waals surface area contributed by atoms with Gasteiger partial charge < -0.3 is 0 Å². The largest absolute Gasteiger partial charge is 0.107 e. The minimum atomic E-state index is 0. The van der Waals surface area contributed by atoms with Crippen LogP contribution in [0.4, 0.5) is 0 Å². The van der Waals surface area contributed by atoms with Crippen molar-refractivity contribution in [3.05, 3.63) is 0 Å². The van der Waals surface area contributed by atoms with Gasteiger partial charge in [0.15, 0.2) is 0 Å². The predicted molar refractivity (Wildman–Crippen MR) is 57.8 cm³/mol. The first-order valence-corrected chi connectivity index (χ1v) is 6.45. The maximum atomic E-state index is 11.3. The quantitative estimate of drug-likeness (QED) is 0.436. The van der Waals surface area contributed by atoms with E-state index < -0.39 is 0 Å². The summed E-state index contributed by atoms with van der Waals surface area (Å²) in [5, 5.41) is 0. The fourth-order valence-electron chi connectivity index (χ4n) is 1.66. The maximum Gasteiger partial charge on any atom is -0.107 e. The van der Waals surface area contributed by atoms with E-state index in [1.807, 2.05) is 6.92 Å². The van der Waals surface area contributed by atoms with E-state index in [-0.39, 0.29) is 35.9 Å². The first-order valence-electron chi connectivity index (χ1n) is 4.73. The Hall–Kier alpha value is 0.823. The van der Waals surface area contributed by atoms with E-state index in [4.69, 9.17) is 4.74 Å².